The summed E-state index contributed by atoms with van der Waals surface area (Å²) in [6.45, 7) is 1.92. The SMILES string of the molecule is Cc1ccc2oc(-c3ccc(C(=O)Nc4cc(Cl)ccc4Cl)cc3)cc(=O)c2c1. The van der Waals surface area contributed by atoms with Gasteiger partial charge in [-0.25, -0.2) is 0 Å². The monoisotopic (exact) mass is 423 g/mol. The molecule has 4 aromatic rings. The van der Waals surface area contributed by atoms with Crippen LogP contribution in [-0.4, -0.2) is 5.91 Å². The Bertz CT molecular complexity index is 1290. The number of nitrogens with one attached hydrogen (secondary N) is 1. The third-order valence-electron chi connectivity index (χ3n) is 4.49. The minimum absolute atomic E-state index is 0.109. The van der Waals surface area contributed by atoms with Crippen molar-refractivity contribution in [1.29, 1.82) is 0 Å². The second kappa shape index (κ2) is 7.74. The molecule has 0 unspecified atom stereocenters. The summed E-state index contributed by atoms with van der Waals surface area (Å²) in [5, 5.41) is 4.15. The molecule has 0 fully saturated rings. The Morgan fingerprint density at radius 3 is 2.45 bits per heavy atom. The molecule has 29 heavy (non-hydrogen) atoms. The van der Waals surface area contributed by atoms with E-state index in [0.717, 1.165) is 5.56 Å². The van der Waals surface area contributed by atoms with Crippen LogP contribution in [0.5, 0.6) is 0 Å². The van der Waals surface area contributed by atoms with Crippen molar-refractivity contribution in [3.63, 3.8) is 0 Å². The van der Waals surface area contributed by atoms with E-state index in [1.165, 1.54) is 6.07 Å². The first-order valence-corrected chi connectivity index (χ1v) is 9.58. The normalized spacial score (nSPS) is 10.9. The predicted molar refractivity (Wildman–Crippen MR) is 117 cm³/mol. The van der Waals surface area contributed by atoms with Crippen molar-refractivity contribution >= 4 is 45.8 Å². The van der Waals surface area contributed by atoms with Gasteiger partial charge in [0.05, 0.1) is 16.1 Å². The van der Waals surface area contributed by atoms with Gasteiger partial charge in [0.15, 0.2) is 5.43 Å². The molecule has 1 N–H and O–H groups in total. The van der Waals surface area contributed by atoms with Crippen LogP contribution in [0, 0.1) is 6.92 Å². The first-order chi connectivity index (χ1) is 13.9. The summed E-state index contributed by atoms with van der Waals surface area (Å²) in [7, 11) is 0. The van der Waals surface area contributed by atoms with Crippen LogP contribution >= 0.6 is 23.2 Å². The summed E-state index contributed by atoms with van der Waals surface area (Å²) < 4.78 is 5.88. The predicted octanol–water partition coefficient (Wildman–Crippen LogP) is 6.33. The first kappa shape index (κ1) is 19.2. The molecule has 6 heteroatoms. The van der Waals surface area contributed by atoms with E-state index in [0.29, 0.717) is 43.6 Å². The number of carbonyl (C=O) groups excluding carboxylic acids is 1. The van der Waals surface area contributed by atoms with E-state index in [1.807, 2.05) is 13.0 Å². The van der Waals surface area contributed by atoms with Crippen molar-refractivity contribution in [3.05, 3.63) is 98.1 Å². The number of carbonyl (C=O) groups is 1. The molecule has 4 nitrogen and oxygen atoms in total. The van der Waals surface area contributed by atoms with Crippen molar-refractivity contribution in [2.45, 2.75) is 6.92 Å². The fourth-order valence-electron chi connectivity index (χ4n) is 2.99. The Balaban J connectivity index is 1.61. The van der Waals surface area contributed by atoms with E-state index in [1.54, 1.807) is 54.6 Å². The zero-order valence-corrected chi connectivity index (χ0v) is 16.8. The first-order valence-electron chi connectivity index (χ1n) is 8.82. The molecule has 0 aliphatic rings. The quantitative estimate of drug-likeness (QED) is 0.418. The van der Waals surface area contributed by atoms with Gasteiger partial charge in [0.1, 0.15) is 11.3 Å². The van der Waals surface area contributed by atoms with Crippen molar-refractivity contribution in [2.75, 3.05) is 5.32 Å². The van der Waals surface area contributed by atoms with E-state index in [9.17, 15) is 9.59 Å². The Hall–Kier alpha value is -3.08. The van der Waals surface area contributed by atoms with Gasteiger partial charge in [-0.1, -0.05) is 47.0 Å². The molecule has 0 radical (unpaired) electrons. The van der Waals surface area contributed by atoms with E-state index in [4.69, 9.17) is 27.6 Å². The number of amides is 1. The van der Waals surface area contributed by atoms with Crippen LogP contribution in [0.3, 0.4) is 0 Å². The van der Waals surface area contributed by atoms with Gasteiger partial charge in [-0.05, 0) is 49.4 Å². The van der Waals surface area contributed by atoms with E-state index >= 15 is 0 Å². The molecule has 0 aliphatic heterocycles. The smallest absolute Gasteiger partial charge is 0.255 e. The topological polar surface area (TPSA) is 59.3 Å². The van der Waals surface area contributed by atoms with E-state index in [2.05, 4.69) is 5.32 Å². The number of benzene rings is 3. The third kappa shape index (κ3) is 4.04. The molecule has 0 bridgehead atoms. The summed E-state index contributed by atoms with van der Waals surface area (Å²) in [5.41, 5.74) is 2.97. The molecule has 1 aromatic heterocycles. The lowest BCUT2D eigenvalue weighted by molar-refractivity contribution is 0.102. The summed E-state index contributed by atoms with van der Waals surface area (Å²) in [6.07, 6.45) is 0. The highest BCUT2D eigenvalue weighted by Crippen LogP contribution is 2.27. The Kier molecular flexibility index (Phi) is 5.14. The Morgan fingerprint density at radius 2 is 1.69 bits per heavy atom. The maximum absolute atomic E-state index is 12.5. The largest absolute Gasteiger partial charge is 0.456 e. The maximum atomic E-state index is 12.5. The number of halogens is 2. The zero-order valence-electron chi connectivity index (χ0n) is 15.3. The van der Waals surface area contributed by atoms with E-state index < -0.39 is 0 Å². The molecule has 0 spiro atoms. The molecular formula is C23H15Cl2NO3. The van der Waals surface area contributed by atoms with Crippen LogP contribution in [0.25, 0.3) is 22.3 Å². The van der Waals surface area contributed by atoms with Gasteiger partial charge in [-0.15, -0.1) is 0 Å². The van der Waals surface area contributed by atoms with Gasteiger partial charge < -0.3 is 9.73 Å². The van der Waals surface area contributed by atoms with Gasteiger partial charge in [0.2, 0.25) is 0 Å². The maximum Gasteiger partial charge on any atom is 0.255 e. The summed E-state index contributed by atoms with van der Waals surface area (Å²) in [4.78, 5) is 24.9. The third-order valence-corrected chi connectivity index (χ3v) is 5.06. The van der Waals surface area contributed by atoms with Crippen LogP contribution in [0.1, 0.15) is 15.9 Å². The molecule has 1 amide bonds. The highest BCUT2D eigenvalue weighted by molar-refractivity contribution is 6.35. The van der Waals surface area contributed by atoms with Gasteiger partial charge >= 0.3 is 0 Å². The van der Waals surface area contributed by atoms with Crippen molar-refractivity contribution in [3.8, 4) is 11.3 Å². The van der Waals surface area contributed by atoms with Crippen LogP contribution in [-0.2, 0) is 0 Å². The molecule has 3 aromatic carbocycles. The van der Waals surface area contributed by atoms with Crippen molar-refractivity contribution < 1.29 is 9.21 Å². The Morgan fingerprint density at radius 1 is 0.931 bits per heavy atom. The lowest BCUT2D eigenvalue weighted by atomic mass is 10.1. The van der Waals surface area contributed by atoms with Crippen LogP contribution in [0.2, 0.25) is 10.0 Å². The molecular weight excluding hydrogens is 409 g/mol. The average Bonchev–Trinajstić information content (AvgIpc) is 2.71. The number of aryl methyl sites for hydroxylation is 1. The van der Waals surface area contributed by atoms with Gasteiger partial charge in [-0.2, -0.15) is 0 Å². The zero-order chi connectivity index (χ0) is 20.5. The second-order valence-corrected chi connectivity index (χ2v) is 7.47. The highest BCUT2D eigenvalue weighted by Gasteiger charge is 2.11. The van der Waals surface area contributed by atoms with Gasteiger partial charge in [0, 0.05) is 22.2 Å². The fourth-order valence-corrected chi connectivity index (χ4v) is 3.32. The average molecular weight is 424 g/mol. The second-order valence-electron chi connectivity index (χ2n) is 6.63. The van der Waals surface area contributed by atoms with Crippen LogP contribution in [0.15, 0.2) is 75.9 Å². The minimum Gasteiger partial charge on any atom is -0.456 e. The summed E-state index contributed by atoms with van der Waals surface area (Å²) in [5.74, 6) is 0.118. The number of hydrogen-bond donors (Lipinski definition) is 1. The summed E-state index contributed by atoms with van der Waals surface area (Å²) in [6, 6.07) is 18.6. The molecule has 144 valence electrons. The molecule has 4 rings (SSSR count). The summed E-state index contributed by atoms with van der Waals surface area (Å²) >= 11 is 12.0. The Labute approximate surface area is 176 Å². The van der Waals surface area contributed by atoms with Crippen molar-refractivity contribution in [2.24, 2.45) is 0 Å². The number of hydrogen-bond acceptors (Lipinski definition) is 3. The molecule has 0 atom stereocenters. The molecule has 0 saturated heterocycles. The highest BCUT2D eigenvalue weighted by atomic mass is 35.5. The lowest BCUT2D eigenvalue weighted by Crippen LogP contribution is -2.12. The molecule has 1 heterocycles. The molecule has 0 aliphatic carbocycles. The van der Waals surface area contributed by atoms with E-state index in [-0.39, 0.29) is 11.3 Å². The fraction of sp³-hybridized carbons (Fsp3) is 0.0435. The number of rotatable bonds is 3. The number of fused-ring (bicyclic) bond motifs is 1. The van der Waals surface area contributed by atoms with Crippen LogP contribution < -0.4 is 10.7 Å². The molecule has 0 saturated carbocycles. The van der Waals surface area contributed by atoms with Crippen LogP contribution in [0.4, 0.5) is 5.69 Å². The number of anilines is 1. The standard InChI is InChI=1S/C23H15Cl2NO3/c1-13-2-9-21-17(10-13)20(27)12-22(29-21)14-3-5-15(6-4-14)23(28)26-19-11-16(24)7-8-18(19)25/h2-12H,1H3,(H,26,28). The lowest BCUT2D eigenvalue weighted by Gasteiger charge is -2.09. The van der Waals surface area contributed by atoms with Crippen molar-refractivity contribution in [1.82, 2.24) is 0 Å². The van der Waals surface area contributed by atoms with Gasteiger partial charge in [-0.3, -0.25) is 9.59 Å². The van der Waals surface area contributed by atoms with Gasteiger partial charge in [0.25, 0.3) is 5.91 Å². The minimum atomic E-state index is -0.323.